The zero-order chi connectivity index (χ0) is 23.5. The highest BCUT2D eigenvalue weighted by Crippen LogP contribution is 2.32. The average Bonchev–Trinajstić information content (AvgIpc) is 3.57. The van der Waals surface area contributed by atoms with Gasteiger partial charge in [0.25, 0.3) is 0 Å². The van der Waals surface area contributed by atoms with E-state index in [0.717, 1.165) is 29.9 Å². The van der Waals surface area contributed by atoms with Crippen LogP contribution in [0.25, 0.3) is 11.3 Å². The minimum Gasteiger partial charge on any atom is -0.489 e. The summed E-state index contributed by atoms with van der Waals surface area (Å²) >= 11 is 0. The van der Waals surface area contributed by atoms with Gasteiger partial charge in [-0.15, -0.1) is 5.10 Å². The van der Waals surface area contributed by atoms with Gasteiger partial charge in [0.05, 0.1) is 35.5 Å². The first kappa shape index (κ1) is 21.7. The van der Waals surface area contributed by atoms with E-state index in [1.54, 1.807) is 17.0 Å². The molecule has 10 heteroatoms. The van der Waals surface area contributed by atoms with Crippen LogP contribution in [0, 0.1) is 5.41 Å². The number of pyridine rings is 1. The molecule has 0 radical (unpaired) electrons. The maximum absolute atomic E-state index is 8.78. The molecule has 0 atom stereocenters. The van der Waals surface area contributed by atoms with Crippen LogP contribution < -0.4 is 5.32 Å². The number of imidazole rings is 1. The van der Waals surface area contributed by atoms with Crippen molar-refractivity contribution < 1.29 is 4.74 Å². The number of rotatable bonds is 9. The number of ether oxygens (including phenoxy) is 1. The summed E-state index contributed by atoms with van der Waals surface area (Å²) in [6.45, 7) is 2.73. The quantitative estimate of drug-likeness (QED) is 0.358. The number of nitrogens with one attached hydrogen (secondary N) is 3. The van der Waals surface area contributed by atoms with E-state index in [0.29, 0.717) is 41.8 Å². The Bertz CT molecular complexity index is 1360. The molecule has 0 fully saturated rings. The maximum atomic E-state index is 8.78. The Labute approximate surface area is 197 Å². The number of hydrogen-bond acceptors (Lipinski definition) is 7. The van der Waals surface area contributed by atoms with Crippen molar-refractivity contribution in [3.63, 3.8) is 0 Å². The first-order valence-electron chi connectivity index (χ1n) is 11.1. The number of aromatic amines is 1. The summed E-state index contributed by atoms with van der Waals surface area (Å²) in [6, 6.07) is 7.75. The van der Waals surface area contributed by atoms with Crippen molar-refractivity contribution in [3.05, 3.63) is 72.7 Å². The van der Waals surface area contributed by atoms with Crippen LogP contribution in [0.2, 0.25) is 0 Å². The van der Waals surface area contributed by atoms with E-state index >= 15 is 0 Å². The molecule has 0 spiro atoms. The largest absolute Gasteiger partial charge is 0.489 e. The molecule has 0 unspecified atom stereocenters. The lowest BCUT2D eigenvalue weighted by atomic mass is 9.98. The first-order valence-corrected chi connectivity index (χ1v) is 11.1. The number of nitrogens with zero attached hydrogens (tertiary/aromatic N) is 6. The highest BCUT2D eigenvalue weighted by Gasteiger charge is 2.25. The minimum absolute atomic E-state index is 0.340. The Morgan fingerprint density at radius 3 is 2.97 bits per heavy atom. The molecule has 0 saturated heterocycles. The van der Waals surface area contributed by atoms with Gasteiger partial charge in [-0.25, -0.2) is 14.5 Å². The molecule has 1 aliphatic rings. The number of H-pyrrole nitrogens is 1. The summed E-state index contributed by atoms with van der Waals surface area (Å²) in [6.07, 6.45) is 10.9. The van der Waals surface area contributed by atoms with Crippen molar-refractivity contribution in [1.82, 2.24) is 29.0 Å². The number of aliphatic imine (C=N–C) groups is 1. The minimum atomic E-state index is 0.340. The van der Waals surface area contributed by atoms with Gasteiger partial charge in [-0.05, 0) is 32.3 Å². The zero-order valence-electron chi connectivity index (χ0n) is 19.2. The summed E-state index contributed by atoms with van der Waals surface area (Å²) in [4.78, 5) is 14.3. The molecular weight excluding hydrogens is 430 g/mol. The molecule has 0 aromatic carbocycles. The molecular formula is C24H27N9O. The van der Waals surface area contributed by atoms with E-state index in [2.05, 4.69) is 25.3 Å². The van der Waals surface area contributed by atoms with Gasteiger partial charge in [0.15, 0.2) is 5.82 Å². The second kappa shape index (κ2) is 9.36. The molecule has 0 amide bonds. The second-order valence-corrected chi connectivity index (χ2v) is 8.25. The van der Waals surface area contributed by atoms with Crippen LogP contribution in [0.1, 0.15) is 11.3 Å². The molecule has 1 aliphatic carbocycles. The number of anilines is 1. The van der Waals surface area contributed by atoms with Gasteiger partial charge in [0, 0.05) is 49.5 Å². The van der Waals surface area contributed by atoms with E-state index in [1.807, 2.05) is 67.6 Å². The normalized spacial score (nSPS) is 14.6. The van der Waals surface area contributed by atoms with Crippen molar-refractivity contribution in [2.75, 3.05) is 39.1 Å². The molecule has 5 rings (SSSR count). The Hall–Kier alpha value is -4.18. The summed E-state index contributed by atoms with van der Waals surface area (Å²) in [5, 5.41) is 16.9. The van der Waals surface area contributed by atoms with E-state index in [-0.39, 0.29) is 0 Å². The third kappa shape index (κ3) is 4.35. The molecule has 0 bridgehead atoms. The molecule has 0 saturated carbocycles. The lowest BCUT2D eigenvalue weighted by molar-refractivity contribution is 0.259. The fourth-order valence-corrected chi connectivity index (χ4v) is 3.80. The number of hydrogen-bond donors (Lipinski definition) is 3. The molecule has 0 aliphatic heterocycles. The van der Waals surface area contributed by atoms with Crippen LogP contribution in [0.4, 0.5) is 11.5 Å². The molecule has 3 N–H and O–H groups in total. The molecule has 34 heavy (non-hydrogen) atoms. The first-order chi connectivity index (χ1) is 16.6. The van der Waals surface area contributed by atoms with E-state index < -0.39 is 0 Å². The van der Waals surface area contributed by atoms with E-state index in [9.17, 15) is 0 Å². The van der Waals surface area contributed by atoms with Crippen LogP contribution in [-0.2, 0) is 11.3 Å². The van der Waals surface area contributed by atoms with Gasteiger partial charge in [0.1, 0.15) is 18.1 Å². The Morgan fingerprint density at radius 2 is 2.15 bits per heavy atom. The van der Waals surface area contributed by atoms with Gasteiger partial charge >= 0.3 is 0 Å². The maximum Gasteiger partial charge on any atom is 0.175 e. The topological polar surface area (TPSA) is 112 Å². The number of allylic oxidation sites excluding steroid dienone is 1. The summed E-state index contributed by atoms with van der Waals surface area (Å²) < 4.78 is 9.87. The van der Waals surface area contributed by atoms with Gasteiger partial charge in [0.2, 0.25) is 0 Å². The third-order valence-corrected chi connectivity index (χ3v) is 5.55. The molecule has 4 aromatic rings. The number of fused-ring (bicyclic) bond motifs is 2. The molecule has 4 aromatic heterocycles. The standard InChI is InChI=1S/C24H27N9O/c1-31(2)11-9-28-24-23(19-5-3-4-10-33(19)30-24)29-18-15-20(22-17(21(18)25)6-7-27-22)34-14-13-32-12-8-26-16-32/h3-8,10,12,15-16,25,27H,9,11,13-14H2,1-2H3,(H,28,30). The summed E-state index contributed by atoms with van der Waals surface area (Å²) in [5.41, 5.74) is 3.99. The SMILES string of the molecule is CN(C)CCNc1nn2ccccc2c1N=C1C=C(OCCn2ccnc2)c2[nH]ccc2C1=N. The van der Waals surface area contributed by atoms with Crippen LogP contribution in [0.15, 0.2) is 66.4 Å². The van der Waals surface area contributed by atoms with Crippen LogP contribution in [0.3, 0.4) is 0 Å². The Balaban J connectivity index is 1.48. The van der Waals surface area contributed by atoms with Crippen molar-refractivity contribution in [2.45, 2.75) is 6.54 Å². The van der Waals surface area contributed by atoms with Crippen molar-refractivity contribution in [2.24, 2.45) is 4.99 Å². The molecule has 4 heterocycles. The smallest absolute Gasteiger partial charge is 0.175 e. The average molecular weight is 458 g/mol. The van der Waals surface area contributed by atoms with Crippen LogP contribution >= 0.6 is 0 Å². The van der Waals surface area contributed by atoms with E-state index in [1.165, 1.54) is 0 Å². The third-order valence-electron chi connectivity index (χ3n) is 5.55. The second-order valence-electron chi connectivity index (χ2n) is 8.25. The predicted molar refractivity (Wildman–Crippen MR) is 133 cm³/mol. The van der Waals surface area contributed by atoms with Gasteiger partial charge in [-0.2, -0.15) is 0 Å². The van der Waals surface area contributed by atoms with Crippen molar-refractivity contribution in [3.8, 4) is 0 Å². The Morgan fingerprint density at radius 1 is 1.24 bits per heavy atom. The van der Waals surface area contributed by atoms with Gasteiger partial charge < -0.3 is 24.5 Å². The van der Waals surface area contributed by atoms with Crippen molar-refractivity contribution >= 4 is 34.2 Å². The number of likely N-dealkylation sites (N-methyl/N-ethyl adjacent to an activating group) is 1. The predicted octanol–water partition coefficient (Wildman–Crippen LogP) is 3.04. The zero-order valence-corrected chi connectivity index (χ0v) is 19.2. The van der Waals surface area contributed by atoms with Gasteiger partial charge in [-0.1, -0.05) is 6.07 Å². The fraction of sp³-hybridized carbons (Fsp3) is 0.250. The molecule has 174 valence electrons. The number of aromatic nitrogens is 5. The highest BCUT2D eigenvalue weighted by atomic mass is 16.5. The fourth-order valence-electron chi connectivity index (χ4n) is 3.80. The summed E-state index contributed by atoms with van der Waals surface area (Å²) in [5.74, 6) is 1.35. The monoisotopic (exact) mass is 457 g/mol. The highest BCUT2D eigenvalue weighted by molar-refractivity contribution is 6.54. The lowest BCUT2D eigenvalue weighted by Gasteiger charge is -2.18. The lowest BCUT2D eigenvalue weighted by Crippen LogP contribution is -2.21. The molecule has 10 nitrogen and oxygen atoms in total. The van der Waals surface area contributed by atoms with Crippen molar-refractivity contribution in [1.29, 1.82) is 5.41 Å². The van der Waals surface area contributed by atoms with Crippen LogP contribution in [0.5, 0.6) is 0 Å². The Kier molecular flexibility index (Phi) is 5.96. The summed E-state index contributed by atoms with van der Waals surface area (Å²) in [7, 11) is 4.06. The van der Waals surface area contributed by atoms with E-state index in [4.69, 9.17) is 15.1 Å². The van der Waals surface area contributed by atoms with Crippen LogP contribution in [-0.4, -0.2) is 74.3 Å². The van der Waals surface area contributed by atoms with Gasteiger partial charge in [-0.3, -0.25) is 5.41 Å².